The van der Waals surface area contributed by atoms with Crippen molar-refractivity contribution in [2.24, 2.45) is 0 Å². The Bertz CT molecular complexity index is 607. The molecule has 2 nitrogen and oxygen atoms in total. The van der Waals surface area contributed by atoms with Gasteiger partial charge in [-0.1, -0.05) is 17.8 Å². The molecule has 0 N–H and O–H groups in total. The number of halogens is 1. The van der Waals surface area contributed by atoms with Crippen molar-refractivity contribution in [3.63, 3.8) is 0 Å². The SMILES string of the molecule is COc1cccc(Sc2ccc(C#N)cc2F)c1. The summed E-state index contributed by atoms with van der Waals surface area (Å²) >= 11 is 1.30. The first-order chi connectivity index (χ1) is 8.72. The number of nitriles is 1. The third-order valence-electron chi connectivity index (χ3n) is 2.33. The van der Waals surface area contributed by atoms with Crippen LogP contribution in [-0.2, 0) is 0 Å². The molecule has 0 radical (unpaired) electrons. The number of benzene rings is 2. The van der Waals surface area contributed by atoms with Crippen LogP contribution in [0.3, 0.4) is 0 Å². The zero-order valence-electron chi connectivity index (χ0n) is 9.68. The summed E-state index contributed by atoms with van der Waals surface area (Å²) in [5.74, 6) is 0.343. The summed E-state index contributed by atoms with van der Waals surface area (Å²) < 4.78 is 18.8. The number of nitrogens with zero attached hydrogens (tertiary/aromatic N) is 1. The minimum Gasteiger partial charge on any atom is -0.497 e. The number of ether oxygens (including phenoxy) is 1. The van der Waals surface area contributed by atoms with E-state index in [0.717, 1.165) is 10.6 Å². The molecule has 18 heavy (non-hydrogen) atoms. The highest BCUT2D eigenvalue weighted by molar-refractivity contribution is 7.99. The minimum atomic E-state index is -0.387. The summed E-state index contributed by atoms with van der Waals surface area (Å²) in [6.45, 7) is 0. The molecule has 2 rings (SSSR count). The highest BCUT2D eigenvalue weighted by atomic mass is 32.2. The molecule has 0 aliphatic heterocycles. The third kappa shape index (κ3) is 2.82. The van der Waals surface area contributed by atoms with E-state index >= 15 is 0 Å². The fraction of sp³-hybridized carbons (Fsp3) is 0.0714. The Balaban J connectivity index is 2.26. The molecule has 0 aromatic heterocycles. The van der Waals surface area contributed by atoms with Crippen LogP contribution < -0.4 is 4.74 Å². The van der Waals surface area contributed by atoms with Gasteiger partial charge in [-0.25, -0.2) is 4.39 Å². The van der Waals surface area contributed by atoms with Crippen LogP contribution >= 0.6 is 11.8 Å². The molecule has 0 aliphatic rings. The van der Waals surface area contributed by atoms with Crippen LogP contribution in [0.25, 0.3) is 0 Å². The Hall–Kier alpha value is -1.99. The van der Waals surface area contributed by atoms with Gasteiger partial charge in [0, 0.05) is 9.79 Å². The highest BCUT2D eigenvalue weighted by Crippen LogP contribution is 2.31. The number of hydrogen-bond acceptors (Lipinski definition) is 3. The van der Waals surface area contributed by atoms with Crippen LogP contribution in [0.1, 0.15) is 5.56 Å². The van der Waals surface area contributed by atoms with Gasteiger partial charge < -0.3 is 4.74 Å². The number of rotatable bonds is 3. The van der Waals surface area contributed by atoms with Crippen LogP contribution in [0.2, 0.25) is 0 Å². The largest absolute Gasteiger partial charge is 0.497 e. The highest BCUT2D eigenvalue weighted by Gasteiger charge is 2.06. The minimum absolute atomic E-state index is 0.322. The van der Waals surface area contributed by atoms with E-state index in [4.69, 9.17) is 10.00 Å². The Labute approximate surface area is 109 Å². The van der Waals surface area contributed by atoms with Crippen molar-refractivity contribution in [3.05, 3.63) is 53.8 Å². The van der Waals surface area contributed by atoms with Crippen molar-refractivity contribution in [2.45, 2.75) is 9.79 Å². The number of hydrogen-bond donors (Lipinski definition) is 0. The van der Waals surface area contributed by atoms with E-state index in [2.05, 4.69) is 0 Å². The maximum absolute atomic E-state index is 13.7. The molecule has 0 aliphatic carbocycles. The fourth-order valence-corrected chi connectivity index (χ4v) is 2.31. The molecule has 90 valence electrons. The van der Waals surface area contributed by atoms with Gasteiger partial charge >= 0.3 is 0 Å². The van der Waals surface area contributed by atoms with Crippen molar-refractivity contribution >= 4 is 11.8 Å². The van der Waals surface area contributed by atoms with Gasteiger partial charge in [0.05, 0.1) is 18.7 Å². The van der Waals surface area contributed by atoms with E-state index in [1.807, 2.05) is 30.3 Å². The maximum atomic E-state index is 13.7. The van der Waals surface area contributed by atoms with Crippen LogP contribution in [0.15, 0.2) is 52.3 Å². The molecule has 0 bridgehead atoms. The molecule has 0 atom stereocenters. The molecule has 0 saturated carbocycles. The van der Waals surface area contributed by atoms with Crippen molar-refractivity contribution in [3.8, 4) is 11.8 Å². The van der Waals surface area contributed by atoms with E-state index in [1.54, 1.807) is 19.2 Å². The maximum Gasteiger partial charge on any atom is 0.138 e. The van der Waals surface area contributed by atoms with Gasteiger partial charge in [-0.15, -0.1) is 0 Å². The molecule has 2 aromatic rings. The smallest absolute Gasteiger partial charge is 0.138 e. The fourth-order valence-electron chi connectivity index (χ4n) is 1.44. The van der Waals surface area contributed by atoms with Crippen molar-refractivity contribution in [1.82, 2.24) is 0 Å². The molecule has 0 fully saturated rings. The number of methoxy groups -OCH3 is 1. The van der Waals surface area contributed by atoms with E-state index < -0.39 is 0 Å². The standard InChI is InChI=1S/C14H10FNOS/c1-17-11-3-2-4-12(8-11)18-14-6-5-10(9-16)7-13(14)15/h2-8H,1H3. The Morgan fingerprint density at radius 2 is 2.06 bits per heavy atom. The van der Waals surface area contributed by atoms with Crippen LogP contribution in [0.4, 0.5) is 4.39 Å². The molecule has 0 amide bonds. The summed E-state index contributed by atoms with van der Waals surface area (Å²) in [5.41, 5.74) is 0.322. The summed E-state index contributed by atoms with van der Waals surface area (Å²) in [6, 6.07) is 13.8. The van der Waals surface area contributed by atoms with E-state index in [9.17, 15) is 4.39 Å². The van der Waals surface area contributed by atoms with Crippen LogP contribution in [0.5, 0.6) is 5.75 Å². The van der Waals surface area contributed by atoms with E-state index in [0.29, 0.717) is 10.5 Å². The lowest BCUT2D eigenvalue weighted by Crippen LogP contribution is -1.85. The molecule has 0 unspecified atom stereocenters. The second-order valence-corrected chi connectivity index (χ2v) is 4.65. The van der Waals surface area contributed by atoms with Gasteiger partial charge in [0.15, 0.2) is 0 Å². The first kappa shape index (κ1) is 12.5. The van der Waals surface area contributed by atoms with Crippen LogP contribution in [-0.4, -0.2) is 7.11 Å². The lowest BCUT2D eigenvalue weighted by molar-refractivity contribution is 0.413. The Morgan fingerprint density at radius 3 is 2.72 bits per heavy atom. The normalized spacial score (nSPS) is 9.83. The van der Waals surface area contributed by atoms with E-state index in [1.165, 1.54) is 17.8 Å². The molecule has 0 spiro atoms. The quantitative estimate of drug-likeness (QED) is 0.839. The lowest BCUT2D eigenvalue weighted by Gasteiger charge is -2.05. The average molecular weight is 259 g/mol. The molecular weight excluding hydrogens is 249 g/mol. The van der Waals surface area contributed by atoms with Crippen LogP contribution in [0, 0.1) is 17.1 Å². The van der Waals surface area contributed by atoms with Gasteiger partial charge in [-0.3, -0.25) is 0 Å². The first-order valence-corrected chi connectivity index (χ1v) is 6.06. The van der Waals surface area contributed by atoms with Gasteiger partial charge in [0.1, 0.15) is 11.6 Å². The predicted molar refractivity (Wildman–Crippen MR) is 68.2 cm³/mol. The molecule has 0 heterocycles. The monoisotopic (exact) mass is 259 g/mol. The summed E-state index contributed by atoms with van der Waals surface area (Å²) in [7, 11) is 1.59. The van der Waals surface area contributed by atoms with E-state index in [-0.39, 0.29) is 5.82 Å². The molecular formula is C14H10FNOS. The van der Waals surface area contributed by atoms with Crippen molar-refractivity contribution in [2.75, 3.05) is 7.11 Å². The first-order valence-electron chi connectivity index (χ1n) is 5.24. The topological polar surface area (TPSA) is 33.0 Å². The van der Waals surface area contributed by atoms with Gasteiger partial charge in [0.2, 0.25) is 0 Å². The van der Waals surface area contributed by atoms with Gasteiger partial charge in [-0.2, -0.15) is 5.26 Å². The van der Waals surface area contributed by atoms with Gasteiger partial charge in [-0.05, 0) is 36.4 Å². The summed E-state index contributed by atoms with van der Waals surface area (Å²) in [4.78, 5) is 1.38. The van der Waals surface area contributed by atoms with Gasteiger partial charge in [0.25, 0.3) is 0 Å². The van der Waals surface area contributed by atoms with Crippen molar-refractivity contribution in [1.29, 1.82) is 5.26 Å². The predicted octanol–water partition coefficient (Wildman–Crippen LogP) is 3.86. The zero-order chi connectivity index (χ0) is 13.0. The zero-order valence-corrected chi connectivity index (χ0v) is 10.5. The average Bonchev–Trinajstić information content (AvgIpc) is 2.41. The second kappa shape index (κ2) is 5.56. The molecule has 4 heteroatoms. The lowest BCUT2D eigenvalue weighted by atomic mass is 10.2. The summed E-state index contributed by atoms with van der Waals surface area (Å²) in [6.07, 6.45) is 0. The van der Waals surface area contributed by atoms with Crippen molar-refractivity contribution < 1.29 is 9.13 Å². The molecule has 2 aromatic carbocycles. The Kier molecular flexibility index (Phi) is 3.85. The second-order valence-electron chi connectivity index (χ2n) is 3.54. The summed E-state index contributed by atoms with van der Waals surface area (Å²) in [5, 5.41) is 8.67. The Morgan fingerprint density at radius 1 is 1.22 bits per heavy atom. The molecule has 0 saturated heterocycles. The third-order valence-corrected chi connectivity index (χ3v) is 3.37.